The quantitative estimate of drug-likeness (QED) is 0.490. The van der Waals surface area contributed by atoms with Gasteiger partial charge in [0, 0.05) is 12.1 Å². The van der Waals surface area contributed by atoms with Crippen LogP contribution in [0.3, 0.4) is 0 Å². The first-order valence-electron chi connectivity index (χ1n) is 6.47. The second-order valence-corrected chi connectivity index (χ2v) is 4.37. The van der Waals surface area contributed by atoms with Crippen LogP contribution in [0.1, 0.15) is 30.6 Å². The second-order valence-electron chi connectivity index (χ2n) is 4.37. The van der Waals surface area contributed by atoms with Crippen LogP contribution in [0.4, 0.5) is 5.69 Å². The summed E-state index contributed by atoms with van der Waals surface area (Å²) in [7, 11) is 0. The predicted octanol–water partition coefficient (Wildman–Crippen LogP) is 1.30. The van der Waals surface area contributed by atoms with Crippen molar-refractivity contribution in [3.8, 4) is 5.75 Å². The highest BCUT2D eigenvalue weighted by Crippen LogP contribution is 2.23. The molecule has 1 aromatic rings. The van der Waals surface area contributed by atoms with E-state index >= 15 is 0 Å². The van der Waals surface area contributed by atoms with Gasteiger partial charge >= 0.3 is 5.97 Å². The van der Waals surface area contributed by atoms with Gasteiger partial charge in [-0.3, -0.25) is 9.59 Å². The Labute approximate surface area is 117 Å². The molecule has 110 valence electrons. The summed E-state index contributed by atoms with van der Waals surface area (Å²) in [6, 6.07) is 4.42. The zero-order valence-electron chi connectivity index (χ0n) is 11.7. The number of nitrogens with one attached hydrogen (secondary N) is 1. The maximum absolute atomic E-state index is 12.1. The van der Waals surface area contributed by atoms with Gasteiger partial charge in [-0.1, -0.05) is 0 Å². The van der Waals surface area contributed by atoms with E-state index in [-0.39, 0.29) is 18.7 Å². The lowest BCUT2D eigenvalue weighted by molar-refractivity contribution is -0.136. The summed E-state index contributed by atoms with van der Waals surface area (Å²) in [5.74, 6) is -0.483. The van der Waals surface area contributed by atoms with Crippen molar-refractivity contribution in [2.75, 3.05) is 18.9 Å². The normalized spacial score (nSPS) is 11.9. The van der Waals surface area contributed by atoms with Gasteiger partial charge in [0.15, 0.2) is 5.78 Å². The van der Waals surface area contributed by atoms with Crippen molar-refractivity contribution in [2.45, 2.75) is 26.3 Å². The largest absolute Gasteiger partial charge is 0.492 e. The summed E-state index contributed by atoms with van der Waals surface area (Å²) >= 11 is 0. The first-order valence-corrected chi connectivity index (χ1v) is 6.47. The number of nitrogens with two attached hydrogens (primary N) is 1. The Morgan fingerprint density at radius 3 is 2.70 bits per heavy atom. The van der Waals surface area contributed by atoms with Crippen LogP contribution in [0.5, 0.6) is 5.75 Å². The Kier molecular flexibility index (Phi) is 5.99. The molecule has 4 N–H and O–H groups in total. The van der Waals surface area contributed by atoms with Crippen molar-refractivity contribution in [1.82, 2.24) is 5.32 Å². The minimum Gasteiger partial charge on any atom is -0.492 e. The van der Waals surface area contributed by atoms with Gasteiger partial charge in [-0.05, 0) is 32.0 Å². The van der Waals surface area contributed by atoms with E-state index in [0.29, 0.717) is 23.6 Å². The lowest BCUT2D eigenvalue weighted by Crippen LogP contribution is -2.35. The molecule has 1 atom stereocenters. The van der Waals surface area contributed by atoms with Crippen molar-refractivity contribution in [3.05, 3.63) is 23.8 Å². The van der Waals surface area contributed by atoms with Gasteiger partial charge in [0.1, 0.15) is 5.75 Å². The third kappa shape index (κ3) is 4.55. The Morgan fingerprint density at radius 2 is 2.15 bits per heavy atom. The van der Waals surface area contributed by atoms with Crippen LogP contribution in [0.2, 0.25) is 0 Å². The van der Waals surface area contributed by atoms with Crippen molar-refractivity contribution in [1.29, 1.82) is 0 Å². The Hall–Kier alpha value is -2.08. The fourth-order valence-electron chi connectivity index (χ4n) is 1.73. The molecule has 1 rings (SSSR count). The number of ketones is 1. The van der Waals surface area contributed by atoms with Crippen LogP contribution in [-0.2, 0) is 4.79 Å². The molecular formula is C14H20N2O4. The van der Waals surface area contributed by atoms with Crippen molar-refractivity contribution in [2.24, 2.45) is 0 Å². The van der Waals surface area contributed by atoms with Crippen LogP contribution in [0.15, 0.2) is 18.2 Å². The number of aliphatic carboxylic acids is 1. The maximum atomic E-state index is 12.1. The van der Waals surface area contributed by atoms with Crippen LogP contribution in [0, 0.1) is 0 Å². The number of carboxylic acid groups (broad SMARTS) is 1. The lowest BCUT2D eigenvalue weighted by Gasteiger charge is -2.13. The Balaban J connectivity index is 2.66. The molecule has 6 nitrogen and oxygen atoms in total. The Bertz CT molecular complexity index is 488. The number of anilines is 1. The monoisotopic (exact) mass is 280 g/mol. The Morgan fingerprint density at radius 1 is 1.45 bits per heavy atom. The molecule has 0 saturated heterocycles. The predicted molar refractivity (Wildman–Crippen MR) is 76.1 cm³/mol. The molecule has 0 heterocycles. The molecule has 0 aliphatic heterocycles. The van der Waals surface area contributed by atoms with Gasteiger partial charge in [0.25, 0.3) is 0 Å². The average molecular weight is 280 g/mol. The molecule has 1 aromatic carbocycles. The van der Waals surface area contributed by atoms with Crippen molar-refractivity contribution < 1.29 is 19.4 Å². The average Bonchev–Trinajstić information content (AvgIpc) is 2.40. The first kappa shape index (κ1) is 16.0. The van der Waals surface area contributed by atoms with Gasteiger partial charge in [0.05, 0.1) is 24.8 Å². The molecule has 0 fully saturated rings. The molecule has 0 radical (unpaired) electrons. The molecule has 0 amide bonds. The highest BCUT2D eigenvalue weighted by molar-refractivity contribution is 6.00. The van der Waals surface area contributed by atoms with E-state index in [9.17, 15) is 9.59 Å². The molecule has 6 heteroatoms. The van der Waals surface area contributed by atoms with Gasteiger partial charge in [0.2, 0.25) is 0 Å². The number of ether oxygens (including phenoxy) is 1. The van der Waals surface area contributed by atoms with Crippen LogP contribution < -0.4 is 15.8 Å². The molecule has 0 spiro atoms. The van der Waals surface area contributed by atoms with E-state index in [1.807, 2.05) is 6.92 Å². The lowest BCUT2D eigenvalue weighted by atomic mass is 10.0. The van der Waals surface area contributed by atoms with Crippen LogP contribution in [-0.4, -0.2) is 36.1 Å². The fraction of sp³-hybridized carbons (Fsp3) is 0.429. The molecule has 1 unspecified atom stereocenters. The van der Waals surface area contributed by atoms with Crippen LogP contribution in [0.25, 0.3) is 0 Å². The minimum absolute atomic E-state index is 0.0248. The smallest absolute Gasteiger partial charge is 0.304 e. The highest BCUT2D eigenvalue weighted by atomic mass is 16.5. The van der Waals surface area contributed by atoms with Gasteiger partial charge in [-0.15, -0.1) is 0 Å². The molecule has 0 aliphatic carbocycles. The number of rotatable bonds is 8. The summed E-state index contributed by atoms with van der Waals surface area (Å²) in [4.78, 5) is 22.5. The standard InChI is InChI=1S/C14H20N2O4/c1-3-20-12-5-4-10(8-11(12)15)14(19)9(2)16-7-6-13(17)18/h4-5,8-9,16H,3,6-7,15H2,1-2H3,(H,17,18). The number of carbonyl (C=O) groups is 2. The third-order valence-corrected chi connectivity index (χ3v) is 2.78. The molecule has 0 aliphatic rings. The van der Waals surface area contributed by atoms with E-state index in [0.717, 1.165) is 0 Å². The maximum Gasteiger partial charge on any atom is 0.304 e. The SMILES string of the molecule is CCOc1ccc(C(=O)C(C)NCCC(=O)O)cc1N. The third-order valence-electron chi connectivity index (χ3n) is 2.78. The molecular weight excluding hydrogens is 260 g/mol. The summed E-state index contributed by atoms with van der Waals surface area (Å²) in [5.41, 5.74) is 6.70. The van der Waals surface area contributed by atoms with Gasteiger partial charge in [-0.2, -0.15) is 0 Å². The van der Waals surface area contributed by atoms with E-state index in [1.165, 1.54) is 0 Å². The second kappa shape index (κ2) is 7.49. The first-order chi connectivity index (χ1) is 9.45. The van der Waals surface area contributed by atoms with E-state index in [1.54, 1.807) is 25.1 Å². The summed E-state index contributed by atoms with van der Waals surface area (Å²) in [6.45, 7) is 4.29. The summed E-state index contributed by atoms with van der Waals surface area (Å²) in [6.07, 6.45) is -0.0248. The molecule has 0 bridgehead atoms. The fourth-order valence-corrected chi connectivity index (χ4v) is 1.73. The van der Waals surface area contributed by atoms with Gasteiger partial charge < -0.3 is 20.9 Å². The number of carboxylic acids is 1. The zero-order chi connectivity index (χ0) is 15.1. The minimum atomic E-state index is -0.900. The van der Waals surface area contributed by atoms with E-state index in [2.05, 4.69) is 5.32 Å². The number of benzene rings is 1. The van der Waals surface area contributed by atoms with E-state index in [4.69, 9.17) is 15.6 Å². The summed E-state index contributed by atoms with van der Waals surface area (Å²) in [5, 5.41) is 11.4. The highest BCUT2D eigenvalue weighted by Gasteiger charge is 2.16. The number of carbonyl (C=O) groups excluding carboxylic acids is 1. The molecule has 0 aromatic heterocycles. The van der Waals surface area contributed by atoms with Crippen LogP contribution >= 0.6 is 0 Å². The van der Waals surface area contributed by atoms with Crippen molar-refractivity contribution >= 4 is 17.4 Å². The number of Topliss-reactive ketones (excluding diaryl/α,β-unsaturated/α-hetero) is 1. The van der Waals surface area contributed by atoms with Gasteiger partial charge in [-0.25, -0.2) is 0 Å². The summed E-state index contributed by atoms with van der Waals surface area (Å²) < 4.78 is 5.31. The topological polar surface area (TPSA) is 102 Å². The van der Waals surface area contributed by atoms with Crippen molar-refractivity contribution in [3.63, 3.8) is 0 Å². The molecule has 0 saturated carbocycles. The molecule has 20 heavy (non-hydrogen) atoms. The van der Waals surface area contributed by atoms with E-state index < -0.39 is 12.0 Å². The zero-order valence-corrected chi connectivity index (χ0v) is 11.7. The number of hydrogen-bond donors (Lipinski definition) is 3. The number of nitrogen functional groups attached to an aromatic ring is 1. The number of hydrogen-bond acceptors (Lipinski definition) is 5.